The summed E-state index contributed by atoms with van der Waals surface area (Å²) < 4.78 is 13.4. The van der Waals surface area contributed by atoms with Crippen LogP contribution in [-0.4, -0.2) is 48.3 Å². The fourth-order valence-corrected chi connectivity index (χ4v) is 5.07. The minimum absolute atomic E-state index is 0.854. The number of ether oxygens (including phenoxy) is 2. The van der Waals surface area contributed by atoms with Crippen LogP contribution in [0.4, 0.5) is 0 Å². The summed E-state index contributed by atoms with van der Waals surface area (Å²) in [5.74, 6) is 1.77. The number of piperidine rings is 1. The molecule has 5 heteroatoms. The molecule has 34 heavy (non-hydrogen) atoms. The zero-order chi connectivity index (χ0) is 23.3. The maximum Gasteiger partial charge on any atom is 0.143 e. The van der Waals surface area contributed by atoms with Crippen LogP contribution >= 0.6 is 0 Å². The molecular formula is C29H33N3O2. The maximum atomic E-state index is 5.77. The van der Waals surface area contributed by atoms with Crippen molar-refractivity contribution >= 4 is 10.9 Å². The van der Waals surface area contributed by atoms with E-state index in [4.69, 9.17) is 9.47 Å². The molecule has 4 aromatic rings. The Morgan fingerprint density at radius 3 is 2.38 bits per heavy atom. The first-order chi connectivity index (χ1) is 16.8. The van der Waals surface area contributed by atoms with Gasteiger partial charge in [-0.15, -0.1) is 0 Å². The molecule has 0 radical (unpaired) electrons. The van der Waals surface area contributed by atoms with Crippen LogP contribution in [0.15, 0.2) is 67.1 Å². The summed E-state index contributed by atoms with van der Waals surface area (Å²) in [6.45, 7) is 4.60. The molecule has 2 aromatic heterocycles. The predicted molar refractivity (Wildman–Crippen MR) is 139 cm³/mol. The summed E-state index contributed by atoms with van der Waals surface area (Å²) in [4.78, 5) is 7.19. The van der Waals surface area contributed by atoms with Gasteiger partial charge in [-0.3, -0.25) is 4.98 Å². The third kappa shape index (κ3) is 4.66. The molecule has 1 aliphatic rings. The summed E-state index contributed by atoms with van der Waals surface area (Å²) in [5.41, 5.74) is 5.68. The second-order valence-electron chi connectivity index (χ2n) is 9.04. The minimum Gasteiger partial charge on any atom is -0.497 e. The molecule has 5 rings (SSSR count). The number of aromatic nitrogens is 2. The van der Waals surface area contributed by atoms with Crippen molar-refractivity contribution in [3.05, 3.63) is 67.1 Å². The van der Waals surface area contributed by atoms with Gasteiger partial charge < -0.3 is 18.9 Å². The molecule has 0 amide bonds. The standard InChI is InChI=1S/C29H33N3O2/c1-33-25-12-10-22(11-13-25)23-18-24(20-30-19-23)27-21-32(17-7-16-31-14-4-3-5-15-31)29-26(27)8-6-9-28(29)34-2/h6,8-13,18-21H,3-5,7,14-17H2,1-2H3. The second kappa shape index (κ2) is 10.3. The number of aryl methyl sites for hydroxylation is 1. The number of nitrogens with zero attached hydrogens (tertiary/aromatic N) is 3. The van der Waals surface area contributed by atoms with Gasteiger partial charge in [-0.25, -0.2) is 0 Å². The van der Waals surface area contributed by atoms with Crippen LogP contribution in [0.2, 0.25) is 0 Å². The minimum atomic E-state index is 0.854. The molecule has 0 unspecified atom stereocenters. The summed E-state index contributed by atoms with van der Waals surface area (Å²) >= 11 is 0. The van der Waals surface area contributed by atoms with E-state index in [0.717, 1.165) is 53.2 Å². The van der Waals surface area contributed by atoms with E-state index in [2.05, 4.69) is 57.0 Å². The van der Waals surface area contributed by atoms with E-state index < -0.39 is 0 Å². The molecular weight excluding hydrogens is 422 g/mol. The maximum absolute atomic E-state index is 5.77. The lowest BCUT2D eigenvalue weighted by molar-refractivity contribution is 0.223. The summed E-state index contributed by atoms with van der Waals surface area (Å²) in [6.07, 6.45) is 11.3. The van der Waals surface area contributed by atoms with Crippen molar-refractivity contribution in [1.82, 2.24) is 14.5 Å². The fourth-order valence-electron chi connectivity index (χ4n) is 5.07. The third-order valence-corrected chi connectivity index (χ3v) is 6.88. The molecule has 0 atom stereocenters. The van der Waals surface area contributed by atoms with E-state index in [9.17, 15) is 0 Å². The molecule has 1 fully saturated rings. The van der Waals surface area contributed by atoms with E-state index in [1.165, 1.54) is 43.3 Å². The Labute approximate surface area is 201 Å². The average Bonchev–Trinajstić information content (AvgIpc) is 3.28. The summed E-state index contributed by atoms with van der Waals surface area (Å²) in [7, 11) is 3.44. The topological polar surface area (TPSA) is 39.5 Å². The number of hydrogen-bond donors (Lipinski definition) is 0. The van der Waals surface area contributed by atoms with Crippen LogP contribution in [0.5, 0.6) is 11.5 Å². The van der Waals surface area contributed by atoms with Crippen LogP contribution in [0.3, 0.4) is 0 Å². The quantitative estimate of drug-likeness (QED) is 0.314. The van der Waals surface area contributed by atoms with Crippen molar-refractivity contribution in [2.45, 2.75) is 32.2 Å². The predicted octanol–water partition coefficient (Wildman–Crippen LogP) is 6.26. The van der Waals surface area contributed by atoms with Gasteiger partial charge in [0.1, 0.15) is 11.5 Å². The molecule has 0 N–H and O–H groups in total. The number of pyridine rings is 1. The molecule has 2 aromatic carbocycles. The molecule has 5 nitrogen and oxygen atoms in total. The summed E-state index contributed by atoms with van der Waals surface area (Å²) in [6, 6.07) is 16.7. The number of likely N-dealkylation sites (tertiary alicyclic amines) is 1. The highest BCUT2D eigenvalue weighted by Crippen LogP contribution is 2.37. The molecule has 0 bridgehead atoms. The summed E-state index contributed by atoms with van der Waals surface area (Å²) in [5, 5.41) is 1.20. The van der Waals surface area contributed by atoms with Crippen LogP contribution < -0.4 is 9.47 Å². The van der Waals surface area contributed by atoms with E-state index in [0.29, 0.717) is 0 Å². The van der Waals surface area contributed by atoms with Gasteiger partial charge in [0.15, 0.2) is 0 Å². The number of benzene rings is 2. The Kier molecular flexibility index (Phi) is 6.82. The van der Waals surface area contributed by atoms with E-state index in [-0.39, 0.29) is 0 Å². The van der Waals surface area contributed by atoms with Crippen LogP contribution in [0.1, 0.15) is 25.7 Å². The van der Waals surface area contributed by atoms with Gasteiger partial charge in [0.05, 0.1) is 19.7 Å². The number of methoxy groups -OCH3 is 2. The van der Waals surface area contributed by atoms with Crippen LogP contribution in [0, 0.1) is 0 Å². The Hall–Kier alpha value is -3.31. The zero-order valence-electron chi connectivity index (χ0n) is 20.2. The Morgan fingerprint density at radius 2 is 1.62 bits per heavy atom. The van der Waals surface area contributed by atoms with Crippen LogP contribution in [0.25, 0.3) is 33.2 Å². The zero-order valence-corrected chi connectivity index (χ0v) is 20.2. The second-order valence-corrected chi connectivity index (χ2v) is 9.04. The van der Waals surface area contributed by atoms with Gasteiger partial charge >= 0.3 is 0 Å². The molecule has 1 saturated heterocycles. The Balaban J connectivity index is 1.47. The van der Waals surface area contributed by atoms with E-state index in [1.54, 1.807) is 14.2 Å². The van der Waals surface area contributed by atoms with Crippen molar-refractivity contribution in [1.29, 1.82) is 0 Å². The lowest BCUT2D eigenvalue weighted by atomic mass is 10.0. The molecule has 176 valence electrons. The first-order valence-corrected chi connectivity index (χ1v) is 12.2. The van der Waals surface area contributed by atoms with Crippen molar-refractivity contribution in [2.75, 3.05) is 33.9 Å². The number of para-hydroxylation sites is 1. The normalized spacial score (nSPS) is 14.4. The smallest absolute Gasteiger partial charge is 0.143 e. The van der Waals surface area contributed by atoms with Gasteiger partial charge in [-0.2, -0.15) is 0 Å². The SMILES string of the molecule is COc1ccc(-c2cncc(-c3cn(CCCN4CCCCC4)c4c(OC)cccc34)c2)cc1. The number of hydrogen-bond acceptors (Lipinski definition) is 4. The number of rotatable bonds is 8. The largest absolute Gasteiger partial charge is 0.497 e. The highest BCUT2D eigenvalue weighted by atomic mass is 16.5. The van der Waals surface area contributed by atoms with Crippen molar-refractivity contribution < 1.29 is 9.47 Å². The van der Waals surface area contributed by atoms with Gasteiger partial charge in [0, 0.05) is 47.2 Å². The van der Waals surface area contributed by atoms with Gasteiger partial charge in [0.2, 0.25) is 0 Å². The van der Waals surface area contributed by atoms with Crippen molar-refractivity contribution in [2.24, 2.45) is 0 Å². The monoisotopic (exact) mass is 455 g/mol. The number of fused-ring (bicyclic) bond motifs is 1. The molecule has 0 aliphatic carbocycles. The molecule has 0 spiro atoms. The van der Waals surface area contributed by atoms with Gasteiger partial charge in [-0.1, -0.05) is 30.7 Å². The Bertz CT molecular complexity index is 1240. The molecule has 0 saturated carbocycles. The van der Waals surface area contributed by atoms with Crippen LogP contribution in [-0.2, 0) is 6.54 Å². The highest BCUT2D eigenvalue weighted by Gasteiger charge is 2.16. The van der Waals surface area contributed by atoms with E-state index >= 15 is 0 Å². The van der Waals surface area contributed by atoms with Gasteiger partial charge in [0.25, 0.3) is 0 Å². The lowest BCUT2D eigenvalue weighted by Gasteiger charge is -2.26. The van der Waals surface area contributed by atoms with Crippen molar-refractivity contribution in [3.8, 4) is 33.8 Å². The molecule has 1 aliphatic heterocycles. The fraction of sp³-hybridized carbons (Fsp3) is 0.345. The van der Waals surface area contributed by atoms with Crippen molar-refractivity contribution in [3.63, 3.8) is 0 Å². The van der Waals surface area contributed by atoms with Gasteiger partial charge in [-0.05, 0) is 68.7 Å². The van der Waals surface area contributed by atoms with E-state index in [1.807, 2.05) is 24.5 Å². The first-order valence-electron chi connectivity index (χ1n) is 12.2. The lowest BCUT2D eigenvalue weighted by Crippen LogP contribution is -2.31. The highest BCUT2D eigenvalue weighted by molar-refractivity contribution is 5.99. The Morgan fingerprint density at radius 1 is 0.824 bits per heavy atom. The average molecular weight is 456 g/mol. The first kappa shape index (κ1) is 22.5. The molecule has 3 heterocycles. The third-order valence-electron chi connectivity index (χ3n) is 6.88.